The molecule has 2 rings (SSSR count). The van der Waals surface area contributed by atoms with Gasteiger partial charge in [-0.25, -0.2) is 8.42 Å². The monoisotopic (exact) mass is 283 g/mol. The van der Waals surface area contributed by atoms with Crippen molar-refractivity contribution in [3.8, 4) is 5.75 Å². The molecule has 1 aliphatic rings. The number of sulfone groups is 1. The summed E-state index contributed by atoms with van der Waals surface area (Å²) in [4.78, 5) is 11.8. The number of ether oxygens (including phenoxy) is 1. The molecule has 1 aromatic carbocycles. The van der Waals surface area contributed by atoms with Gasteiger partial charge in [-0.3, -0.25) is 4.79 Å². The average Bonchev–Trinajstić information content (AvgIpc) is 2.68. The molecule has 0 aromatic heterocycles. The van der Waals surface area contributed by atoms with Crippen LogP contribution in [0, 0.1) is 0 Å². The molecule has 0 unspecified atom stereocenters. The number of carbonyl (C=O) groups excluding carboxylic acids is 1. The SMILES string of the molecule is COc1cccc(CC(=O)N[C@H]2CCS(=O)(=O)C2)c1. The summed E-state index contributed by atoms with van der Waals surface area (Å²) >= 11 is 0. The van der Waals surface area contributed by atoms with E-state index in [4.69, 9.17) is 4.74 Å². The van der Waals surface area contributed by atoms with Crippen molar-refractivity contribution in [1.82, 2.24) is 5.32 Å². The molecule has 1 atom stereocenters. The number of methoxy groups -OCH3 is 1. The Hall–Kier alpha value is -1.56. The first-order valence-corrected chi connectivity index (χ1v) is 7.93. The molecule has 1 heterocycles. The van der Waals surface area contributed by atoms with E-state index >= 15 is 0 Å². The predicted octanol–water partition coefficient (Wildman–Crippen LogP) is 0.541. The minimum atomic E-state index is -2.96. The van der Waals surface area contributed by atoms with Crippen LogP contribution in [0.3, 0.4) is 0 Å². The molecule has 0 radical (unpaired) electrons. The normalized spacial score (nSPS) is 21.0. The van der Waals surface area contributed by atoms with Gasteiger partial charge < -0.3 is 10.1 Å². The summed E-state index contributed by atoms with van der Waals surface area (Å²) in [6, 6.07) is 7.02. The summed E-state index contributed by atoms with van der Waals surface area (Å²) in [6.07, 6.45) is 0.736. The first-order chi connectivity index (χ1) is 8.98. The Morgan fingerprint density at radius 1 is 1.47 bits per heavy atom. The second-order valence-electron chi connectivity index (χ2n) is 4.70. The van der Waals surface area contributed by atoms with Crippen LogP contribution in [-0.2, 0) is 21.1 Å². The molecule has 0 spiro atoms. The number of hydrogen-bond donors (Lipinski definition) is 1. The van der Waals surface area contributed by atoms with Crippen molar-refractivity contribution in [1.29, 1.82) is 0 Å². The van der Waals surface area contributed by atoms with Crippen LogP contribution in [0.15, 0.2) is 24.3 Å². The van der Waals surface area contributed by atoms with Crippen molar-refractivity contribution in [3.63, 3.8) is 0 Å². The van der Waals surface area contributed by atoms with Crippen LogP contribution in [0.25, 0.3) is 0 Å². The number of carbonyl (C=O) groups is 1. The third-order valence-corrected chi connectivity index (χ3v) is 4.86. The van der Waals surface area contributed by atoms with Gasteiger partial charge in [-0.1, -0.05) is 12.1 Å². The van der Waals surface area contributed by atoms with Crippen molar-refractivity contribution >= 4 is 15.7 Å². The smallest absolute Gasteiger partial charge is 0.224 e. The van der Waals surface area contributed by atoms with E-state index in [-0.39, 0.29) is 29.9 Å². The molecule has 1 fully saturated rings. The summed E-state index contributed by atoms with van der Waals surface area (Å²) in [6.45, 7) is 0. The highest BCUT2D eigenvalue weighted by Crippen LogP contribution is 2.14. The van der Waals surface area contributed by atoms with Crippen LogP contribution < -0.4 is 10.1 Å². The van der Waals surface area contributed by atoms with Crippen molar-refractivity contribution in [3.05, 3.63) is 29.8 Å². The van der Waals surface area contributed by atoms with Crippen molar-refractivity contribution in [2.45, 2.75) is 18.9 Å². The van der Waals surface area contributed by atoms with Gasteiger partial charge in [0.15, 0.2) is 9.84 Å². The number of rotatable bonds is 4. The number of benzene rings is 1. The van der Waals surface area contributed by atoms with Crippen molar-refractivity contribution < 1.29 is 17.9 Å². The third kappa shape index (κ3) is 3.96. The van der Waals surface area contributed by atoms with Crippen LogP contribution in [0.4, 0.5) is 0 Å². The third-order valence-electron chi connectivity index (χ3n) is 3.10. The Labute approximate surface area is 112 Å². The maximum atomic E-state index is 11.8. The van der Waals surface area contributed by atoms with E-state index < -0.39 is 9.84 Å². The molecule has 1 amide bonds. The zero-order chi connectivity index (χ0) is 13.9. The lowest BCUT2D eigenvalue weighted by Crippen LogP contribution is -2.36. The fraction of sp³-hybridized carbons (Fsp3) is 0.462. The fourth-order valence-electron chi connectivity index (χ4n) is 2.16. The van der Waals surface area contributed by atoms with Crippen LogP contribution >= 0.6 is 0 Å². The van der Waals surface area contributed by atoms with E-state index in [0.717, 1.165) is 5.56 Å². The maximum absolute atomic E-state index is 11.8. The molecule has 0 bridgehead atoms. The summed E-state index contributed by atoms with van der Waals surface area (Å²) in [5.74, 6) is 0.762. The van der Waals surface area contributed by atoms with Crippen molar-refractivity contribution in [2.75, 3.05) is 18.6 Å². The Bertz CT molecular complexity index is 568. The lowest BCUT2D eigenvalue weighted by Gasteiger charge is -2.11. The highest BCUT2D eigenvalue weighted by molar-refractivity contribution is 7.91. The van der Waals surface area contributed by atoms with Gasteiger partial charge in [0, 0.05) is 6.04 Å². The van der Waals surface area contributed by atoms with Gasteiger partial charge in [0.1, 0.15) is 5.75 Å². The second kappa shape index (κ2) is 5.61. The molecular formula is C13H17NO4S. The zero-order valence-corrected chi connectivity index (χ0v) is 11.6. The van der Waals surface area contributed by atoms with Gasteiger partial charge in [0.2, 0.25) is 5.91 Å². The minimum Gasteiger partial charge on any atom is -0.497 e. The molecule has 1 aliphatic heterocycles. The minimum absolute atomic E-state index is 0.0524. The van der Waals surface area contributed by atoms with Crippen LogP contribution in [0.5, 0.6) is 5.75 Å². The van der Waals surface area contributed by atoms with Gasteiger partial charge in [-0.2, -0.15) is 0 Å². The predicted molar refractivity (Wildman–Crippen MR) is 71.9 cm³/mol. The number of nitrogens with one attached hydrogen (secondary N) is 1. The van der Waals surface area contributed by atoms with Crippen LogP contribution in [-0.4, -0.2) is 39.0 Å². The maximum Gasteiger partial charge on any atom is 0.224 e. The molecule has 5 nitrogen and oxygen atoms in total. The number of amides is 1. The van der Waals surface area contributed by atoms with Crippen molar-refractivity contribution in [2.24, 2.45) is 0 Å². The molecule has 1 aromatic rings. The zero-order valence-electron chi connectivity index (χ0n) is 10.8. The van der Waals surface area contributed by atoms with Crippen LogP contribution in [0.2, 0.25) is 0 Å². The summed E-state index contributed by atoms with van der Waals surface area (Å²) < 4.78 is 27.7. The lowest BCUT2D eigenvalue weighted by molar-refractivity contribution is -0.120. The van der Waals surface area contributed by atoms with Gasteiger partial charge in [-0.15, -0.1) is 0 Å². The molecule has 1 N–H and O–H groups in total. The highest BCUT2D eigenvalue weighted by Gasteiger charge is 2.28. The topological polar surface area (TPSA) is 72.5 Å². The van der Waals surface area contributed by atoms with E-state index in [2.05, 4.69) is 5.32 Å². The molecule has 6 heteroatoms. The van der Waals surface area contributed by atoms with Gasteiger partial charge in [-0.05, 0) is 24.1 Å². The Morgan fingerprint density at radius 3 is 2.89 bits per heavy atom. The van der Waals surface area contributed by atoms with E-state index in [0.29, 0.717) is 12.2 Å². The average molecular weight is 283 g/mol. The summed E-state index contributed by atoms with van der Waals surface area (Å²) in [5.41, 5.74) is 0.845. The van der Waals surface area contributed by atoms with Gasteiger partial charge >= 0.3 is 0 Å². The van der Waals surface area contributed by atoms with Crippen LogP contribution in [0.1, 0.15) is 12.0 Å². The number of hydrogen-bond acceptors (Lipinski definition) is 4. The van der Waals surface area contributed by atoms with E-state index in [1.165, 1.54) is 0 Å². The van der Waals surface area contributed by atoms with E-state index in [1.54, 1.807) is 13.2 Å². The molecule has 1 saturated heterocycles. The fourth-order valence-corrected chi connectivity index (χ4v) is 3.83. The molecule has 0 aliphatic carbocycles. The van der Waals surface area contributed by atoms with E-state index in [1.807, 2.05) is 18.2 Å². The lowest BCUT2D eigenvalue weighted by atomic mass is 10.1. The Balaban J connectivity index is 1.91. The first-order valence-electron chi connectivity index (χ1n) is 6.11. The van der Waals surface area contributed by atoms with Gasteiger partial charge in [0.25, 0.3) is 0 Å². The Kier molecular flexibility index (Phi) is 4.09. The molecule has 104 valence electrons. The molecule has 0 saturated carbocycles. The van der Waals surface area contributed by atoms with E-state index in [9.17, 15) is 13.2 Å². The summed E-state index contributed by atoms with van der Waals surface area (Å²) in [5, 5.41) is 2.76. The highest BCUT2D eigenvalue weighted by atomic mass is 32.2. The second-order valence-corrected chi connectivity index (χ2v) is 6.92. The largest absolute Gasteiger partial charge is 0.497 e. The quantitative estimate of drug-likeness (QED) is 0.875. The first kappa shape index (κ1) is 13.9. The van der Waals surface area contributed by atoms with Gasteiger partial charge in [0.05, 0.1) is 25.0 Å². The standard InChI is InChI=1S/C13H17NO4S/c1-18-12-4-2-3-10(7-12)8-13(15)14-11-5-6-19(16,17)9-11/h2-4,7,11H,5-6,8-9H2,1H3,(H,14,15)/t11-/m0/s1. The molecule has 19 heavy (non-hydrogen) atoms. The summed E-state index contributed by atoms with van der Waals surface area (Å²) in [7, 11) is -1.39. The molecular weight excluding hydrogens is 266 g/mol. The Morgan fingerprint density at radius 2 is 2.26 bits per heavy atom.